The van der Waals surface area contributed by atoms with Gasteiger partial charge in [-0.3, -0.25) is 0 Å². The summed E-state index contributed by atoms with van der Waals surface area (Å²) in [6.45, 7) is 5.55. The third-order valence-corrected chi connectivity index (χ3v) is 4.85. The molecule has 1 aliphatic rings. The molecule has 1 aromatic carbocycles. The summed E-state index contributed by atoms with van der Waals surface area (Å²) in [6.07, 6.45) is 1.66. The van der Waals surface area contributed by atoms with Gasteiger partial charge < -0.3 is 20.1 Å². The summed E-state index contributed by atoms with van der Waals surface area (Å²) in [4.78, 5) is 25.3. The molecule has 158 valence electrons. The fraction of sp³-hybridized carbons (Fsp3) is 0.300. The Hall–Kier alpha value is -2.91. The van der Waals surface area contributed by atoms with E-state index in [-0.39, 0.29) is 18.9 Å². The lowest BCUT2D eigenvalue weighted by Gasteiger charge is -2.29. The first-order valence-corrected chi connectivity index (χ1v) is 10.1. The minimum absolute atomic E-state index is 0.0728. The highest BCUT2D eigenvalue weighted by molar-refractivity contribution is 7.80. The van der Waals surface area contributed by atoms with Gasteiger partial charge in [0.25, 0.3) is 0 Å². The molecule has 2 N–H and O–H groups in total. The molecule has 1 aromatic heterocycles. The molecule has 8 nitrogen and oxygen atoms in total. The number of carbonyl (C=O) groups excluding carboxylic acids is 2. The molecular formula is C20H21ClN4O4S. The molecule has 30 heavy (non-hydrogen) atoms. The topological polar surface area (TPSA) is 94.5 Å². The van der Waals surface area contributed by atoms with E-state index in [0.717, 1.165) is 0 Å². The molecule has 2 heterocycles. The summed E-state index contributed by atoms with van der Waals surface area (Å²) in [5.74, 6) is -1.12. The molecule has 0 saturated carbocycles. The molecule has 10 heteroatoms. The summed E-state index contributed by atoms with van der Waals surface area (Å²) >= 11 is 11.2. The van der Waals surface area contributed by atoms with E-state index in [1.54, 1.807) is 51.2 Å². The molecular weight excluding hydrogens is 428 g/mol. The number of hydrogen-bond donors (Lipinski definition) is 2. The van der Waals surface area contributed by atoms with E-state index in [1.165, 1.54) is 4.68 Å². The lowest BCUT2D eigenvalue weighted by molar-refractivity contribution is -0.139. The van der Waals surface area contributed by atoms with Crippen LogP contribution in [0.5, 0.6) is 0 Å². The van der Waals surface area contributed by atoms with E-state index in [4.69, 9.17) is 33.3 Å². The second-order valence-electron chi connectivity index (χ2n) is 6.37. The summed E-state index contributed by atoms with van der Waals surface area (Å²) in [7, 11) is 0. The van der Waals surface area contributed by atoms with Crippen LogP contribution in [0.15, 0.2) is 41.7 Å². The van der Waals surface area contributed by atoms with Crippen LogP contribution in [0.4, 0.5) is 0 Å². The van der Waals surface area contributed by atoms with E-state index >= 15 is 0 Å². The lowest BCUT2D eigenvalue weighted by Crippen LogP contribution is -2.45. The molecule has 0 amide bonds. The Morgan fingerprint density at radius 1 is 1.17 bits per heavy atom. The highest BCUT2D eigenvalue weighted by atomic mass is 35.5. The molecule has 1 atom stereocenters. The van der Waals surface area contributed by atoms with Crippen molar-refractivity contribution in [3.63, 3.8) is 0 Å². The number of ether oxygens (including phenoxy) is 2. The van der Waals surface area contributed by atoms with Crippen LogP contribution in [-0.4, -0.2) is 40.0 Å². The largest absolute Gasteiger partial charge is 0.463 e. The van der Waals surface area contributed by atoms with Gasteiger partial charge in [-0.25, -0.2) is 14.3 Å². The standard InChI is InChI=1S/C20H21ClN4O4S/c1-4-28-18(26)15-11(3)22-20(30)23-16(15)14-10-25(13-8-6-12(21)7-9-13)24-17(14)19(27)29-5-2/h6-10,16H,4-5H2,1-3H3,(H2,22,23,30). The maximum Gasteiger partial charge on any atom is 0.359 e. The van der Waals surface area contributed by atoms with Gasteiger partial charge in [-0.2, -0.15) is 5.10 Å². The van der Waals surface area contributed by atoms with Crippen molar-refractivity contribution in [2.45, 2.75) is 26.8 Å². The fourth-order valence-electron chi connectivity index (χ4n) is 3.09. The van der Waals surface area contributed by atoms with E-state index in [0.29, 0.717) is 32.7 Å². The summed E-state index contributed by atoms with van der Waals surface area (Å²) in [5, 5.41) is 11.3. The predicted octanol–water partition coefficient (Wildman–Crippen LogP) is 3.06. The molecule has 0 spiro atoms. The number of esters is 2. The number of benzene rings is 1. The van der Waals surface area contributed by atoms with Crippen molar-refractivity contribution in [2.75, 3.05) is 13.2 Å². The van der Waals surface area contributed by atoms with Crippen molar-refractivity contribution in [1.82, 2.24) is 20.4 Å². The van der Waals surface area contributed by atoms with Crippen LogP contribution >= 0.6 is 23.8 Å². The third kappa shape index (κ3) is 4.47. The Bertz CT molecular complexity index is 1020. The minimum atomic E-state index is -0.738. The highest BCUT2D eigenvalue weighted by Gasteiger charge is 2.35. The first kappa shape index (κ1) is 21.8. The van der Waals surface area contributed by atoms with Gasteiger partial charge in [-0.05, 0) is 57.3 Å². The summed E-state index contributed by atoms with van der Waals surface area (Å²) < 4.78 is 11.9. The number of thiocarbonyl (C=S) groups is 1. The number of carbonyl (C=O) groups is 2. The average molecular weight is 449 g/mol. The summed E-state index contributed by atoms with van der Waals surface area (Å²) in [5.41, 5.74) is 2.05. The van der Waals surface area contributed by atoms with Crippen LogP contribution in [0.2, 0.25) is 5.02 Å². The zero-order valence-electron chi connectivity index (χ0n) is 16.7. The Balaban J connectivity index is 2.14. The zero-order chi connectivity index (χ0) is 21.8. The Morgan fingerprint density at radius 3 is 2.43 bits per heavy atom. The molecule has 1 unspecified atom stereocenters. The quantitative estimate of drug-likeness (QED) is 0.514. The Labute approximate surface area is 184 Å². The second-order valence-corrected chi connectivity index (χ2v) is 7.21. The minimum Gasteiger partial charge on any atom is -0.463 e. The number of halogens is 1. The third-order valence-electron chi connectivity index (χ3n) is 4.38. The Kier molecular flexibility index (Phi) is 6.73. The number of rotatable bonds is 6. The van der Waals surface area contributed by atoms with Crippen molar-refractivity contribution in [1.29, 1.82) is 0 Å². The van der Waals surface area contributed by atoms with Gasteiger partial charge in [0.2, 0.25) is 0 Å². The summed E-state index contributed by atoms with van der Waals surface area (Å²) in [6, 6.07) is 6.23. The number of nitrogens with zero attached hydrogens (tertiary/aromatic N) is 2. The van der Waals surface area contributed by atoms with Gasteiger partial charge in [0.1, 0.15) is 0 Å². The van der Waals surface area contributed by atoms with E-state index in [1.807, 2.05) is 0 Å². The van der Waals surface area contributed by atoms with Crippen LogP contribution in [0.25, 0.3) is 5.69 Å². The monoisotopic (exact) mass is 448 g/mol. The van der Waals surface area contributed by atoms with Crippen molar-refractivity contribution in [3.05, 3.63) is 58.0 Å². The average Bonchev–Trinajstić information content (AvgIpc) is 3.13. The van der Waals surface area contributed by atoms with Crippen molar-refractivity contribution in [3.8, 4) is 5.69 Å². The van der Waals surface area contributed by atoms with Gasteiger partial charge in [0, 0.05) is 22.5 Å². The number of allylic oxidation sites excluding steroid dienone is 1. The molecule has 1 aliphatic heterocycles. The molecule has 0 radical (unpaired) electrons. The van der Waals surface area contributed by atoms with Gasteiger partial charge in [0.15, 0.2) is 10.8 Å². The molecule has 3 rings (SSSR count). The Morgan fingerprint density at radius 2 is 1.80 bits per heavy atom. The molecule has 0 saturated heterocycles. The molecule has 0 bridgehead atoms. The first-order valence-electron chi connectivity index (χ1n) is 9.33. The zero-order valence-corrected chi connectivity index (χ0v) is 18.3. The SMILES string of the molecule is CCOC(=O)C1=C(C)NC(=S)NC1c1cn(-c2ccc(Cl)cc2)nc1C(=O)OCC. The maximum atomic E-state index is 12.7. The number of nitrogens with one attached hydrogen (secondary N) is 2. The smallest absolute Gasteiger partial charge is 0.359 e. The van der Waals surface area contributed by atoms with Crippen LogP contribution in [0.3, 0.4) is 0 Å². The number of aromatic nitrogens is 2. The van der Waals surface area contributed by atoms with E-state index in [2.05, 4.69) is 15.7 Å². The van der Waals surface area contributed by atoms with E-state index < -0.39 is 18.0 Å². The highest BCUT2D eigenvalue weighted by Crippen LogP contribution is 2.31. The lowest BCUT2D eigenvalue weighted by atomic mass is 9.96. The number of hydrogen-bond acceptors (Lipinski definition) is 6. The fourth-order valence-corrected chi connectivity index (χ4v) is 3.49. The van der Waals surface area contributed by atoms with Crippen molar-refractivity contribution in [2.24, 2.45) is 0 Å². The molecule has 0 fully saturated rings. The van der Waals surface area contributed by atoms with Crippen LogP contribution in [0, 0.1) is 0 Å². The van der Waals surface area contributed by atoms with E-state index in [9.17, 15) is 9.59 Å². The van der Waals surface area contributed by atoms with Crippen LogP contribution in [0.1, 0.15) is 42.9 Å². The molecule has 2 aromatic rings. The van der Waals surface area contributed by atoms with Gasteiger partial charge in [-0.1, -0.05) is 11.6 Å². The van der Waals surface area contributed by atoms with Crippen LogP contribution in [-0.2, 0) is 14.3 Å². The van der Waals surface area contributed by atoms with Crippen molar-refractivity contribution < 1.29 is 19.1 Å². The van der Waals surface area contributed by atoms with Gasteiger partial charge in [0.05, 0.1) is 30.5 Å². The normalized spacial score (nSPS) is 16.0. The molecule has 0 aliphatic carbocycles. The maximum absolute atomic E-state index is 12.7. The first-order chi connectivity index (χ1) is 14.3. The van der Waals surface area contributed by atoms with Crippen molar-refractivity contribution >= 4 is 40.9 Å². The van der Waals surface area contributed by atoms with Gasteiger partial charge >= 0.3 is 11.9 Å². The van der Waals surface area contributed by atoms with Crippen LogP contribution < -0.4 is 10.6 Å². The predicted molar refractivity (Wildman–Crippen MR) is 115 cm³/mol. The second kappa shape index (κ2) is 9.27. The van der Waals surface area contributed by atoms with Gasteiger partial charge in [-0.15, -0.1) is 0 Å².